The van der Waals surface area contributed by atoms with Crippen LogP contribution in [0.3, 0.4) is 0 Å². The van der Waals surface area contributed by atoms with Gasteiger partial charge in [-0.05, 0) is 17.7 Å². The van der Waals surface area contributed by atoms with E-state index in [0.29, 0.717) is 5.56 Å². The van der Waals surface area contributed by atoms with Crippen molar-refractivity contribution < 1.29 is 22.7 Å². The van der Waals surface area contributed by atoms with Gasteiger partial charge in [-0.2, -0.15) is 0 Å². The number of halogens is 3. The summed E-state index contributed by atoms with van der Waals surface area (Å²) in [6, 6.07) is 5.24. The maximum absolute atomic E-state index is 12.0. The Kier molecular flexibility index (Phi) is 4.57. The van der Waals surface area contributed by atoms with Gasteiger partial charge in [-0.3, -0.25) is 4.79 Å². The molecule has 0 spiro atoms. The zero-order valence-electron chi connectivity index (χ0n) is 10.8. The van der Waals surface area contributed by atoms with Crippen molar-refractivity contribution in [3.63, 3.8) is 0 Å². The molecular weight excluding hydrogens is 259 g/mol. The third kappa shape index (κ3) is 4.90. The summed E-state index contributed by atoms with van der Waals surface area (Å²) in [5.41, 5.74) is 5.48. The number of carbonyl (C=O) groups is 1. The zero-order chi connectivity index (χ0) is 14.7. The number of nitrogens with two attached hydrogens (primary N) is 1. The lowest BCUT2D eigenvalue weighted by molar-refractivity contribution is -0.274. The molecule has 0 aromatic heterocycles. The number of ketones is 1. The van der Waals surface area contributed by atoms with Gasteiger partial charge in [0, 0.05) is 18.4 Å². The highest BCUT2D eigenvalue weighted by atomic mass is 19.4. The summed E-state index contributed by atoms with van der Waals surface area (Å²) in [4.78, 5) is 11.9. The quantitative estimate of drug-likeness (QED) is 0.898. The second kappa shape index (κ2) is 5.61. The van der Waals surface area contributed by atoms with Crippen molar-refractivity contribution >= 4 is 5.78 Å². The van der Waals surface area contributed by atoms with E-state index in [1.807, 2.05) is 0 Å². The van der Waals surface area contributed by atoms with E-state index in [0.717, 1.165) is 0 Å². The number of hydrogen-bond acceptors (Lipinski definition) is 3. The minimum Gasteiger partial charge on any atom is -0.406 e. The number of rotatable bonds is 5. The number of hydrogen-bond donors (Lipinski definition) is 1. The first-order valence-corrected chi connectivity index (χ1v) is 5.72. The van der Waals surface area contributed by atoms with Crippen molar-refractivity contribution in [2.45, 2.75) is 26.6 Å². The van der Waals surface area contributed by atoms with Gasteiger partial charge in [-0.15, -0.1) is 13.2 Å². The predicted molar refractivity (Wildman–Crippen MR) is 64.7 cm³/mol. The molecule has 0 aliphatic heterocycles. The van der Waals surface area contributed by atoms with E-state index in [1.165, 1.54) is 24.3 Å². The Balaban J connectivity index is 2.70. The molecule has 3 nitrogen and oxygen atoms in total. The van der Waals surface area contributed by atoms with Gasteiger partial charge in [0.05, 0.1) is 0 Å². The van der Waals surface area contributed by atoms with Crippen molar-refractivity contribution in [1.29, 1.82) is 0 Å². The Bertz CT molecular complexity index is 438. The number of carbonyl (C=O) groups excluding carboxylic acids is 1. The molecule has 0 heterocycles. The molecule has 0 amide bonds. The van der Waals surface area contributed by atoms with Crippen LogP contribution in [0.2, 0.25) is 0 Å². The van der Waals surface area contributed by atoms with Crippen molar-refractivity contribution in [3.8, 4) is 5.75 Å². The highest BCUT2D eigenvalue weighted by Crippen LogP contribution is 2.24. The van der Waals surface area contributed by atoms with E-state index in [4.69, 9.17) is 5.73 Å². The van der Waals surface area contributed by atoms with Crippen molar-refractivity contribution in [2.75, 3.05) is 6.54 Å². The predicted octanol–water partition coefficient (Wildman–Crippen LogP) is 2.68. The SMILES string of the molecule is CC(C)(CN)C(=O)Cc1ccc(OC(F)(F)F)cc1. The second-order valence-corrected chi connectivity index (χ2v) is 4.88. The average Bonchev–Trinajstić information content (AvgIpc) is 2.29. The van der Waals surface area contributed by atoms with Crippen LogP contribution in [0.5, 0.6) is 5.75 Å². The van der Waals surface area contributed by atoms with Crippen LogP contribution in [0.1, 0.15) is 19.4 Å². The first kappa shape index (κ1) is 15.5. The molecule has 19 heavy (non-hydrogen) atoms. The van der Waals surface area contributed by atoms with E-state index in [1.54, 1.807) is 13.8 Å². The molecule has 0 saturated carbocycles. The summed E-state index contributed by atoms with van der Waals surface area (Å²) in [5, 5.41) is 0. The van der Waals surface area contributed by atoms with E-state index < -0.39 is 11.8 Å². The summed E-state index contributed by atoms with van der Waals surface area (Å²) in [6.45, 7) is 3.69. The van der Waals surface area contributed by atoms with Gasteiger partial charge in [0.1, 0.15) is 11.5 Å². The van der Waals surface area contributed by atoms with Crippen LogP contribution in [0.4, 0.5) is 13.2 Å². The van der Waals surface area contributed by atoms with Crippen LogP contribution in [-0.4, -0.2) is 18.7 Å². The van der Waals surface area contributed by atoms with Gasteiger partial charge in [-0.25, -0.2) is 0 Å². The van der Waals surface area contributed by atoms with Crippen LogP contribution < -0.4 is 10.5 Å². The molecule has 0 bridgehead atoms. The van der Waals surface area contributed by atoms with Crippen molar-refractivity contribution in [2.24, 2.45) is 11.1 Å². The molecule has 0 aliphatic carbocycles. The van der Waals surface area contributed by atoms with Crippen LogP contribution in [0, 0.1) is 5.41 Å². The molecule has 106 valence electrons. The summed E-state index contributed by atoms with van der Waals surface area (Å²) in [5.74, 6) is -0.360. The largest absolute Gasteiger partial charge is 0.573 e. The number of benzene rings is 1. The van der Waals surface area contributed by atoms with E-state index in [2.05, 4.69) is 4.74 Å². The number of ether oxygens (including phenoxy) is 1. The molecule has 0 unspecified atom stereocenters. The maximum Gasteiger partial charge on any atom is 0.573 e. The van der Waals surface area contributed by atoms with Crippen LogP contribution >= 0.6 is 0 Å². The van der Waals surface area contributed by atoms with Crippen molar-refractivity contribution in [1.82, 2.24) is 0 Å². The van der Waals surface area contributed by atoms with Gasteiger partial charge in [0.2, 0.25) is 0 Å². The molecule has 1 rings (SSSR count). The topological polar surface area (TPSA) is 52.3 Å². The third-order valence-corrected chi connectivity index (χ3v) is 2.79. The Morgan fingerprint density at radius 1 is 1.21 bits per heavy atom. The van der Waals surface area contributed by atoms with Gasteiger partial charge in [-0.1, -0.05) is 26.0 Å². The fourth-order valence-electron chi connectivity index (χ4n) is 1.35. The number of Topliss-reactive ketones (excluding diaryl/α,β-unsaturated/α-hetero) is 1. The Labute approximate surface area is 109 Å². The lowest BCUT2D eigenvalue weighted by atomic mass is 9.85. The monoisotopic (exact) mass is 275 g/mol. The molecule has 0 atom stereocenters. The normalized spacial score (nSPS) is 12.3. The van der Waals surface area contributed by atoms with Gasteiger partial charge >= 0.3 is 6.36 Å². The van der Waals surface area contributed by atoms with Gasteiger partial charge in [0.15, 0.2) is 0 Å². The Morgan fingerprint density at radius 3 is 2.16 bits per heavy atom. The average molecular weight is 275 g/mol. The Hall–Kier alpha value is -1.56. The lowest BCUT2D eigenvalue weighted by Gasteiger charge is -2.20. The summed E-state index contributed by atoms with van der Waals surface area (Å²) < 4.78 is 39.6. The smallest absolute Gasteiger partial charge is 0.406 e. The Morgan fingerprint density at radius 2 is 1.74 bits per heavy atom. The van der Waals surface area contributed by atoms with E-state index in [-0.39, 0.29) is 24.5 Å². The standard InChI is InChI=1S/C13H16F3NO2/c1-12(2,8-17)11(18)7-9-3-5-10(6-4-9)19-13(14,15)16/h3-6H,7-8,17H2,1-2H3. The maximum atomic E-state index is 12.0. The minimum absolute atomic E-state index is 0.0560. The first-order valence-electron chi connectivity index (χ1n) is 5.72. The molecule has 0 fully saturated rings. The van der Waals surface area contributed by atoms with Crippen LogP contribution in [-0.2, 0) is 11.2 Å². The fourth-order valence-corrected chi connectivity index (χ4v) is 1.35. The first-order chi connectivity index (χ1) is 8.64. The zero-order valence-corrected chi connectivity index (χ0v) is 10.8. The van der Waals surface area contributed by atoms with Crippen molar-refractivity contribution in [3.05, 3.63) is 29.8 Å². The highest BCUT2D eigenvalue weighted by molar-refractivity contribution is 5.86. The second-order valence-electron chi connectivity index (χ2n) is 4.88. The fraction of sp³-hybridized carbons (Fsp3) is 0.462. The molecule has 0 saturated heterocycles. The third-order valence-electron chi connectivity index (χ3n) is 2.79. The van der Waals surface area contributed by atoms with Crippen LogP contribution in [0.25, 0.3) is 0 Å². The lowest BCUT2D eigenvalue weighted by Crippen LogP contribution is -2.33. The minimum atomic E-state index is -4.71. The summed E-state index contributed by atoms with van der Waals surface area (Å²) in [6.07, 6.45) is -4.57. The van der Waals surface area contributed by atoms with Gasteiger partial charge in [0.25, 0.3) is 0 Å². The summed E-state index contributed by atoms with van der Waals surface area (Å²) in [7, 11) is 0. The molecular formula is C13H16F3NO2. The van der Waals surface area contributed by atoms with Gasteiger partial charge < -0.3 is 10.5 Å². The molecule has 2 N–H and O–H groups in total. The summed E-state index contributed by atoms with van der Waals surface area (Å²) >= 11 is 0. The molecule has 6 heteroatoms. The van der Waals surface area contributed by atoms with E-state index >= 15 is 0 Å². The molecule has 0 aliphatic rings. The highest BCUT2D eigenvalue weighted by Gasteiger charge is 2.31. The molecule has 1 aromatic carbocycles. The van der Waals surface area contributed by atoms with Crippen LogP contribution in [0.15, 0.2) is 24.3 Å². The molecule has 0 radical (unpaired) electrons. The van der Waals surface area contributed by atoms with E-state index in [9.17, 15) is 18.0 Å². The number of alkyl halides is 3. The molecule has 1 aromatic rings.